The minimum atomic E-state index is -0.201. The number of hydrogen-bond donors (Lipinski definition) is 0. The standard InChI is InChI=1S/C27H42O4/c1-7-16(2)21-8-9-22-20-15-25(31-18(4)29)24-14-19(30-17(3)28)10-12-27(24,6)23(20)11-13-26(21,22)5/h7,16,19-25H,1,8-15H2,2-6H3/t16-,19-,20+,21-,22+,23+,24+,25+,26-,27-/m1/s1. The number of fused-ring (bicyclic) bond motifs is 5. The fraction of sp³-hybridized carbons (Fsp3) is 0.852. The fourth-order valence-corrected chi connectivity index (χ4v) is 8.99. The van der Waals surface area contributed by atoms with E-state index in [2.05, 4.69) is 33.4 Å². The molecule has 0 aromatic heterocycles. The topological polar surface area (TPSA) is 52.6 Å². The Morgan fingerprint density at radius 1 is 0.903 bits per heavy atom. The molecule has 0 aromatic carbocycles. The molecule has 4 aliphatic carbocycles. The molecule has 0 radical (unpaired) electrons. The Kier molecular flexibility index (Phi) is 6.07. The fourth-order valence-electron chi connectivity index (χ4n) is 8.99. The lowest BCUT2D eigenvalue weighted by Crippen LogP contribution is -2.59. The van der Waals surface area contributed by atoms with Gasteiger partial charge < -0.3 is 9.47 Å². The summed E-state index contributed by atoms with van der Waals surface area (Å²) in [5.74, 6) is 3.19. The summed E-state index contributed by atoms with van der Waals surface area (Å²) < 4.78 is 11.6. The lowest BCUT2D eigenvalue weighted by atomic mass is 9.43. The van der Waals surface area contributed by atoms with Gasteiger partial charge in [-0.1, -0.05) is 26.8 Å². The lowest BCUT2D eigenvalue weighted by molar-refractivity contribution is -0.196. The van der Waals surface area contributed by atoms with E-state index in [1.165, 1.54) is 39.5 Å². The third-order valence-corrected chi connectivity index (χ3v) is 10.3. The zero-order valence-corrected chi connectivity index (χ0v) is 20.2. The Morgan fingerprint density at radius 2 is 1.55 bits per heavy atom. The van der Waals surface area contributed by atoms with Gasteiger partial charge in [0.15, 0.2) is 0 Å². The van der Waals surface area contributed by atoms with Crippen LogP contribution in [0.4, 0.5) is 0 Å². The number of ether oxygens (including phenoxy) is 2. The van der Waals surface area contributed by atoms with Gasteiger partial charge in [0.05, 0.1) is 0 Å². The van der Waals surface area contributed by atoms with Crippen molar-refractivity contribution in [2.75, 3.05) is 0 Å². The second-order valence-corrected chi connectivity index (χ2v) is 11.7. The molecule has 0 unspecified atom stereocenters. The van der Waals surface area contributed by atoms with Crippen LogP contribution in [0.5, 0.6) is 0 Å². The highest BCUT2D eigenvalue weighted by molar-refractivity contribution is 5.66. The largest absolute Gasteiger partial charge is 0.463 e. The van der Waals surface area contributed by atoms with Gasteiger partial charge in [-0.3, -0.25) is 9.59 Å². The van der Waals surface area contributed by atoms with Crippen LogP contribution in [-0.2, 0) is 19.1 Å². The number of carbonyl (C=O) groups is 2. The minimum Gasteiger partial charge on any atom is -0.463 e. The van der Waals surface area contributed by atoms with Crippen molar-refractivity contribution >= 4 is 11.9 Å². The highest BCUT2D eigenvalue weighted by atomic mass is 16.5. The summed E-state index contributed by atoms with van der Waals surface area (Å²) in [4.78, 5) is 23.7. The molecule has 0 heterocycles. The van der Waals surface area contributed by atoms with Crippen molar-refractivity contribution in [3.63, 3.8) is 0 Å². The van der Waals surface area contributed by atoms with Gasteiger partial charge in [-0.2, -0.15) is 0 Å². The summed E-state index contributed by atoms with van der Waals surface area (Å²) in [6, 6.07) is 0. The Morgan fingerprint density at radius 3 is 2.19 bits per heavy atom. The molecule has 4 saturated carbocycles. The molecule has 31 heavy (non-hydrogen) atoms. The number of carbonyl (C=O) groups excluding carboxylic acids is 2. The molecule has 4 heteroatoms. The van der Waals surface area contributed by atoms with Gasteiger partial charge in [0.1, 0.15) is 12.2 Å². The van der Waals surface area contributed by atoms with E-state index in [0.717, 1.165) is 25.7 Å². The molecule has 10 atom stereocenters. The van der Waals surface area contributed by atoms with Crippen LogP contribution in [0.3, 0.4) is 0 Å². The highest BCUT2D eigenvalue weighted by Gasteiger charge is 2.63. The highest BCUT2D eigenvalue weighted by Crippen LogP contribution is 2.68. The van der Waals surface area contributed by atoms with Crippen LogP contribution in [0, 0.1) is 46.3 Å². The normalized spacial score (nSPS) is 47.3. The van der Waals surface area contributed by atoms with Gasteiger partial charge in [-0.15, -0.1) is 6.58 Å². The molecule has 0 bridgehead atoms. The van der Waals surface area contributed by atoms with Crippen molar-refractivity contribution in [1.82, 2.24) is 0 Å². The lowest BCUT2D eigenvalue weighted by Gasteiger charge is -2.62. The molecule has 0 aliphatic heterocycles. The third-order valence-electron chi connectivity index (χ3n) is 10.3. The molecule has 4 rings (SSSR count). The van der Waals surface area contributed by atoms with E-state index in [9.17, 15) is 9.59 Å². The predicted molar refractivity (Wildman–Crippen MR) is 121 cm³/mol. The van der Waals surface area contributed by atoms with Crippen molar-refractivity contribution in [2.24, 2.45) is 46.3 Å². The van der Waals surface area contributed by atoms with Crippen molar-refractivity contribution in [3.8, 4) is 0 Å². The average Bonchev–Trinajstić information content (AvgIpc) is 3.05. The van der Waals surface area contributed by atoms with E-state index in [4.69, 9.17) is 9.47 Å². The number of hydrogen-bond acceptors (Lipinski definition) is 4. The van der Waals surface area contributed by atoms with E-state index < -0.39 is 0 Å². The maximum absolute atomic E-state index is 12.1. The smallest absolute Gasteiger partial charge is 0.302 e. The first-order chi connectivity index (χ1) is 14.6. The molecule has 4 nitrogen and oxygen atoms in total. The van der Waals surface area contributed by atoms with Crippen LogP contribution < -0.4 is 0 Å². The van der Waals surface area contributed by atoms with Gasteiger partial charge in [0.2, 0.25) is 0 Å². The zero-order valence-electron chi connectivity index (χ0n) is 20.2. The van der Waals surface area contributed by atoms with Crippen molar-refractivity contribution in [1.29, 1.82) is 0 Å². The molecule has 4 fully saturated rings. The van der Waals surface area contributed by atoms with Crippen molar-refractivity contribution in [3.05, 3.63) is 12.7 Å². The molecule has 0 amide bonds. The Labute approximate surface area is 188 Å². The van der Waals surface area contributed by atoms with E-state index >= 15 is 0 Å². The van der Waals surface area contributed by atoms with Crippen molar-refractivity contribution in [2.45, 2.75) is 98.2 Å². The Hall–Kier alpha value is -1.32. The van der Waals surface area contributed by atoms with Crippen molar-refractivity contribution < 1.29 is 19.1 Å². The summed E-state index contributed by atoms with van der Waals surface area (Å²) in [7, 11) is 0. The summed E-state index contributed by atoms with van der Waals surface area (Å²) in [5, 5.41) is 0. The van der Waals surface area contributed by atoms with Gasteiger partial charge >= 0.3 is 11.9 Å². The molecule has 4 aliphatic rings. The van der Waals surface area contributed by atoms with Gasteiger partial charge in [0.25, 0.3) is 0 Å². The zero-order chi connectivity index (χ0) is 22.6. The molecule has 0 spiro atoms. The Balaban J connectivity index is 1.63. The van der Waals surface area contributed by atoms with Crippen LogP contribution in [0.2, 0.25) is 0 Å². The maximum Gasteiger partial charge on any atom is 0.302 e. The van der Waals surface area contributed by atoms with E-state index in [1.54, 1.807) is 0 Å². The first kappa shape index (κ1) is 22.9. The third kappa shape index (κ3) is 3.76. The molecule has 174 valence electrons. The molecular formula is C27H42O4. The molecule has 0 saturated heterocycles. The van der Waals surface area contributed by atoms with Crippen LogP contribution >= 0.6 is 0 Å². The summed E-state index contributed by atoms with van der Waals surface area (Å²) >= 11 is 0. The summed E-state index contributed by atoms with van der Waals surface area (Å²) in [6.07, 6.45) is 11.0. The summed E-state index contributed by atoms with van der Waals surface area (Å²) in [5.41, 5.74) is 0.525. The van der Waals surface area contributed by atoms with Crippen LogP contribution in [0.25, 0.3) is 0 Å². The van der Waals surface area contributed by atoms with E-state index in [-0.39, 0.29) is 35.5 Å². The molecular weight excluding hydrogens is 388 g/mol. The first-order valence-electron chi connectivity index (χ1n) is 12.6. The monoisotopic (exact) mass is 430 g/mol. The summed E-state index contributed by atoms with van der Waals surface area (Å²) in [6.45, 7) is 14.5. The van der Waals surface area contributed by atoms with E-state index in [1.807, 2.05) is 0 Å². The molecule has 0 aromatic rings. The van der Waals surface area contributed by atoms with Gasteiger partial charge in [-0.25, -0.2) is 0 Å². The quantitative estimate of drug-likeness (QED) is 0.409. The maximum atomic E-state index is 12.1. The number of allylic oxidation sites excluding steroid dienone is 1. The average molecular weight is 431 g/mol. The van der Waals surface area contributed by atoms with Crippen LogP contribution in [-0.4, -0.2) is 24.1 Å². The Bertz CT molecular complexity index is 731. The second-order valence-electron chi connectivity index (χ2n) is 11.7. The SMILES string of the molecule is C=C[C@@H](C)[C@H]1CC[C@H]2[C@@H]3C[C@H](OC(C)=O)[C@@H]4C[C@H](OC(C)=O)CC[C@]4(C)[C@H]3CC[C@]12C. The van der Waals surface area contributed by atoms with Gasteiger partial charge in [0, 0.05) is 19.8 Å². The number of esters is 2. The van der Waals surface area contributed by atoms with E-state index in [0.29, 0.717) is 35.0 Å². The number of rotatable bonds is 4. The second kappa shape index (κ2) is 8.23. The minimum absolute atomic E-state index is 0.0386. The van der Waals surface area contributed by atoms with Crippen LogP contribution in [0.1, 0.15) is 86.0 Å². The van der Waals surface area contributed by atoms with Gasteiger partial charge in [-0.05, 0) is 91.8 Å². The predicted octanol–water partition coefficient (Wildman–Crippen LogP) is 5.94. The molecule has 0 N–H and O–H groups in total. The first-order valence-corrected chi connectivity index (χ1v) is 12.6. The van der Waals surface area contributed by atoms with Crippen LogP contribution in [0.15, 0.2) is 12.7 Å².